The number of carbonyl (C=O) groups excluding carboxylic acids is 1. The Hall–Kier alpha value is -3.18. The van der Waals surface area contributed by atoms with Gasteiger partial charge in [-0.3, -0.25) is 19.3 Å². The van der Waals surface area contributed by atoms with E-state index in [1.54, 1.807) is 13.0 Å². The van der Waals surface area contributed by atoms with Crippen molar-refractivity contribution < 1.29 is 14.5 Å². The number of nitrogens with one attached hydrogen (secondary N) is 1. The summed E-state index contributed by atoms with van der Waals surface area (Å²) in [5.74, 6) is 0.0373. The quantitative estimate of drug-likeness (QED) is 0.269. The van der Waals surface area contributed by atoms with Crippen molar-refractivity contribution in [2.24, 2.45) is 0 Å². The second kappa shape index (κ2) is 8.05. The summed E-state index contributed by atoms with van der Waals surface area (Å²) >= 11 is 2.74. The Morgan fingerprint density at radius 3 is 2.93 bits per heavy atom. The van der Waals surface area contributed by atoms with E-state index < -0.39 is 4.92 Å². The van der Waals surface area contributed by atoms with Crippen LogP contribution < -0.4 is 10.1 Å². The van der Waals surface area contributed by atoms with E-state index in [1.807, 2.05) is 28.7 Å². The summed E-state index contributed by atoms with van der Waals surface area (Å²) in [5.41, 5.74) is 0.877. The second-order valence-electron chi connectivity index (χ2n) is 5.88. The van der Waals surface area contributed by atoms with Crippen molar-refractivity contribution in [1.29, 1.82) is 0 Å². The van der Waals surface area contributed by atoms with Crippen LogP contribution in [-0.2, 0) is 4.79 Å². The van der Waals surface area contributed by atoms with Gasteiger partial charge >= 0.3 is 0 Å². The number of nitro groups is 1. The summed E-state index contributed by atoms with van der Waals surface area (Å²) in [6, 6.07) is 12.2. The Morgan fingerprint density at radius 2 is 2.14 bits per heavy atom. The van der Waals surface area contributed by atoms with Crippen molar-refractivity contribution in [3.63, 3.8) is 0 Å². The first kappa shape index (κ1) is 19.2. The Kier molecular flexibility index (Phi) is 5.32. The lowest BCUT2D eigenvalue weighted by Crippen LogP contribution is -2.15. The third kappa shape index (κ3) is 3.87. The van der Waals surface area contributed by atoms with Gasteiger partial charge in [-0.25, -0.2) is 0 Å². The maximum Gasteiger partial charge on any atom is 0.296 e. The molecule has 9 nitrogen and oxygen atoms in total. The fourth-order valence-corrected chi connectivity index (χ4v) is 4.56. The molecule has 2 aromatic carbocycles. The van der Waals surface area contributed by atoms with Gasteiger partial charge in [0.2, 0.25) is 10.9 Å². The van der Waals surface area contributed by atoms with Crippen molar-refractivity contribution in [2.45, 2.75) is 12.1 Å². The highest BCUT2D eigenvalue weighted by atomic mass is 32.2. The summed E-state index contributed by atoms with van der Waals surface area (Å²) in [7, 11) is 0. The Bertz CT molecular complexity index is 1220. The zero-order valence-corrected chi connectivity index (χ0v) is 16.8. The van der Waals surface area contributed by atoms with Gasteiger partial charge in [0.05, 0.1) is 33.6 Å². The fourth-order valence-electron chi connectivity index (χ4n) is 2.79. The summed E-state index contributed by atoms with van der Waals surface area (Å²) < 4.78 is 8.26. The van der Waals surface area contributed by atoms with Crippen LogP contribution >= 0.6 is 23.1 Å². The molecule has 0 aliphatic carbocycles. The number of fused-ring (bicyclic) bond motifs is 3. The monoisotopic (exact) mass is 429 g/mol. The molecule has 4 rings (SSSR count). The van der Waals surface area contributed by atoms with Crippen LogP contribution in [0.1, 0.15) is 6.92 Å². The lowest BCUT2D eigenvalue weighted by molar-refractivity contribution is -0.384. The van der Waals surface area contributed by atoms with Gasteiger partial charge in [0.15, 0.2) is 5.16 Å². The van der Waals surface area contributed by atoms with Gasteiger partial charge < -0.3 is 10.1 Å². The number of rotatable bonds is 7. The molecule has 0 atom stereocenters. The predicted molar refractivity (Wildman–Crippen MR) is 112 cm³/mol. The molecular formula is C18H15N5O4S2. The highest BCUT2D eigenvalue weighted by Crippen LogP contribution is 2.31. The van der Waals surface area contributed by atoms with E-state index in [4.69, 9.17) is 4.74 Å². The van der Waals surface area contributed by atoms with E-state index in [0.717, 1.165) is 15.2 Å². The van der Waals surface area contributed by atoms with Crippen LogP contribution in [0.15, 0.2) is 47.6 Å². The number of para-hydroxylation sites is 1. The van der Waals surface area contributed by atoms with Gasteiger partial charge in [-0.15, -0.1) is 10.2 Å². The summed E-state index contributed by atoms with van der Waals surface area (Å²) in [4.78, 5) is 23.9. The average Bonchev–Trinajstić information content (AvgIpc) is 3.27. The van der Waals surface area contributed by atoms with Crippen LogP contribution in [-0.4, -0.2) is 37.8 Å². The minimum absolute atomic E-state index is 0.0370. The molecule has 11 heteroatoms. The van der Waals surface area contributed by atoms with E-state index in [2.05, 4.69) is 15.5 Å². The molecule has 0 aliphatic heterocycles. The third-order valence-corrected chi connectivity index (χ3v) is 5.94. The lowest BCUT2D eigenvalue weighted by Gasteiger charge is -2.08. The molecule has 0 fully saturated rings. The van der Waals surface area contributed by atoms with Gasteiger partial charge in [0.25, 0.3) is 5.69 Å². The molecule has 4 aromatic rings. The molecule has 1 N–H and O–H groups in total. The Balaban J connectivity index is 1.50. The maximum absolute atomic E-state index is 12.4. The first-order valence-corrected chi connectivity index (χ1v) is 10.4. The van der Waals surface area contributed by atoms with E-state index in [-0.39, 0.29) is 23.0 Å². The Labute approximate surface area is 172 Å². The molecule has 2 aromatic heterocycles. The molecule has 0 aliphatic rings. The largest absolute Gasteiger partial charge is 0.494 e. The number of amides is 1. The van der Waals surface area contributed by atoms with Gasteiger partial charge in [0, 0.05) is 0 Å². The van der Waals surface area contributed by atoms with E-state index in [1.165, 1.54) is 35.2 Å². The second-order valence-corrected chi connectivity index (χ2v) is 7.83. The minimum atomic E-state index is -0.551. The molecule has 148 valence electrons. The number of benzene rings is 2. The number of thioether (sulfide) groups is 1. The molecule has 0 saturated heterocycles. The normalized spacial score (nSPS) is 11.1. The topological polar surface area (TPSA) is 112 Å². The number of ether oxygens (including phenoxy) is 1. The van der Waals surface area contributed by atoms with Gasteiger partial charge in [-0.2, -0.15) is 0 Å². The summed E-state index contributed by atoms with van der Waals surface area (Å²) in [6.45, 7) is 2.18. The van der Waals surface area contributed by atoms with E-state index >= 15 is 0 Å². The Morgan fingerprint density at radius 1 is 1.31 bits per heavy atom. The molecule has 0 unspecified atom stereocenters. The number of anilines is 1. The van der Waals surface area contributed by atoms with Crippen molar-refractivity contribution >= 4 is 55.6 Å². The number of nitro benzene ring substituents is 1. The van der Waals surface area contributed by atoms with Gasteiger partial charge in [-0.05, 0) is 31.2 Å². The van der Waals surface area contributed by atoms with Crippen LogP contribution in [0.25, 0.3) is 15.2 Å². The lowest BCUT2D eigenvalue weighted by atomic mass is 10.2. The molecule has 0 bridgehead atoms. The van der Waals surface area contributed by atoms with Crippen molar-refractivity contribution in [2.75, 3.05) is 17.7 Å². The third-order valence-electron chi connectivity index (χ3n) is 3.99. The molecule has 0 saturated carbocycles. The van der Waals surface area contributed by atoms with Crippen LogP contribution in [0, 0.1) is 10.1 Å². The molecule has 0 spiro atoms. The van der Waals surface area contributed by atoms with Crippen LogP contribution in [0.3, 0.4) is 0 Å². The van der Waals surface area contributed by atoms with Crippen LogP contribution in [0.5, 0.6) is 5.75 Å². The van der Waals surface area contributed by atoms with Crippen LogP contribution in [0.2, 0.25) is 0 Å². The number of carbonyl (C=O) groups is 1. The van der Waals surface area contributed by atoms with E-state index in [9.17, 15) is 14.9 Å². The van der Waals surface area contributed by atoms with Crippen molar-refractivity contribution in [3.05, 3.63) is 52.6 Å². The molecule has 1 amide bonds. The summed E-state index contributed by atoms with van der Waals surface area (Å²) in [5, 5.41) is 22.8. The number of hydrogen-bond acceptors (Lipinski definition) is 8. The summed E-state index contributed by atoms with van der Waals surface area (Å²) in [6.07, 6.45) is 0. The van der Waals surface area contributed by atoms with Gasteiger partial charge in [-0.1, -0.05) is 35.2 Å². The minimum Gasteiger partial charge on any atom is -0.494 e. The average molecular weight is 429 g/mol. The number of thiazole rings is 1. The van der Waals surface area contributed by atoms with Crippen molar-refractivity contribution in [3.8, 4) is 5.75 Å². The molecule has 0 radical (unpaired) electrons. The standard InChI is InChI=1S/C18H15N5O4S2/c1-2-27-11-7-8-12(14(9-11)23(25)26)19-16(24)10-28-17-20-21-18-22(17)13-5-3-4-6-15(13)29-18/h3-9H,2,10H2,1H3,(H,19,24). The first-order chi connectivity index (χ1) is 14.1. The van der Waals surface area contributed by atoms with Gasteiger partial charge in [0.1, 0.15) is 11.4 Å². The number of aromatic nitrogens is 3. The van der Waals surface area contributed by atoms with Crippen molar-refractivity contribution in [1.82, 2.24) is 14.6 Å². The van der Waals surface area contributed by atoms with Crippen LogP contribution in [0.4, 0.5) is 11.4 Å². The highest BCUT2D eigenvalue weighted by molar-refractivity contribution is 7.99. The highest BCUT2D eigenvalue weighted by Gasteiger charge is 2.19. The molecule has 2 heterocycles. The van der Waals surface area contributed by atoms with E-state index in [0.29, 0.717) is 17.5 Å². The SMILES string of the molecule is CCOc1ccc(NC(=O)CSc2nnc3sc4ccccc4n23)c([N+](=O)[O-])c1. The molecule has 29 heavy (non-hydrogen) atoms. The molecular weight excluding hydrogens is 414 g/mol. The first-order valence-electron chi connectivity index (χ1n) is 8.63. The smallest absolute Gasteiger partial charge is 0.296 e. The number of hydrogen-bond donors (Lipinski definition) is 1. The zero-order valence-electron chi connectivity index (χ0n) is 15.2. The zero-order chi connectivity index (χ0) is 20.4. The fraction of sp³-hybridized carbons (Fsp3) is 0.167. The predicted octanol–water partition coefficient (Wildman–Crippen LogP) is 3.98. The number of nitrogens with zero attached hydrogens (tertiary/aromatic N) is 4. The maximum atomic E-state index is 12.4.